The number of fused-ring (bicyclic) bond motifs is 1. The lowest BCUT2D eigenvalue weighted by atomic mass is 10.1. The Hall–Kier alpha value is -3.55. The maximum atomic E-state index is 13.0. The van der Waals surface area contributed by atoms with E-state index in [1.54, 1.807) is 22.0 Å². The van der Waals surface area contributed by atoms with Gasteiger partial charge in [-0.05, 0) is 49.7 Å². The van der Waals surface area contributed by atoms with Gasteiger partial charge < -0.3 is 4.90 Å². The van der Waals surface area contributed by atoms with E-state index in [2.05, 4.69) is 20.4 Å². The molecule has 8 heteroatoms. The Kier molecular flexibility index (Phi) is 4.60. The van der Waals surface area contributed by atoms with Crippen LogP contribution in [0.5, 0.6) is 0 Å². The highest BCUT2D eigenvalue weighted by Gasteiger charge is 2.20. The summed E-state index contributed by atoms with van der Waals surface area (Å²) in [5, 5.41) is 12.4. The Morgan fingerprint density at radius 3 is 2.64 bits per heavy atom. The first-order valence-corrected chi connectivity index (χ1v) is 9.14. The molecule has 2 aromatic carbocycles. The molecule has 0 spiro atoms. The molecule has 142 valence electrons. The number of hydrogen-bond donors (Lipinski definition) is 0. The van der Waals surface area contributed by atoms with Crippen molar-refractivity contribution in [2.24, 2.45) is 0 Å². The maximum absolute atomic E-state index is 13.0. The summed E-state index contributed by atoms with van der Waals surface area (Å²) in [6, 6.07) is 13.4. The van der Waals surface area contributed by atoms with Crippen molar-refractivity contribution in [3.05, 3.63) is 66.2 Å². The van der Waals surface area contributed by atoms with Crippen LogP contribution >= 0.6 is 0 Å². The second kappa shape index (κ2) is 7.22. The van der Waals surface area contributed by atoms with Gasteiger partial charge in [-0.15, -0.1) is 5.10 Å². The van der Waals surface area contributed by atoms with Gasteiger partial charge in [0.05, 0.1) is 17.2 Å². The molecule has 1 atom stereocenters. The number of carbonyl (C=O) groups excluding carboxylic acids is 1. The van der Waals surface area contributed by atoms with Gasteiger partial charge in [-0.2, -0.15) is 5.10 Å². The van der Waals surface area contributed by atoms with Gasteiger partial charge in [-0.25, -0.2) is 14.3 Å². The van der Waals surface area contributed by atoms with Crippen molar-refractivity contribution < 1.29 is 4.79 Å². The molecule has 0 saturated heterocycles. The second-order valence-corrected chi connectivity index (χ2v) is 6.63. The monoisotopic (exact) mass is 375 g/mol. The molecular weight excluding hydrogens is 354 g/mol. The molecule has 8 nitrogen and oxygen atoms in total. The van der Waals surface area contributed by atoms with Crippen LogP contribution in [0.4, 0.5) is 0 Å². The topological polar surface area (TPSA) is 81.7 Å². The normalized spacial score (nSPS) is 12.2. The minimum absolute atomic E-state index is 0.0548. The minimum Gasteiger partial charge on any atom is -0.335 e. The number of amides is 1. The Balaban J connectivity index is 1.54. The van der Waals surface area contributed by atoms with Gasteiger partial charge in [0.15, 0.2) is 0 Å². The van der Waals surface area contributed by atoms with E-state index in [1.807, 2.05) is 62.0 Å². The maximum Gasteiger partial charge on any atom is 0.254 e. The van der Waals surface area contributed by atoms with Crippen LogP contribution in [0.15, 0.2) is 55.1 Å². The summed E-state index contributed by atoms with van der Waals surface area (Å²) in [5.74, 6) is -0.0548. The summed E-state index contributed by atoms with van der Waals surface area (Å²) in [6.07, 6.45) is 3.15. The lowest BCUT2D eigenvalue weighted by Crippen LogP contribution is -2.29. The molecule has 0 aliphatic carbocycles. The smallest absolute Gasteiger partial charge is 0.254 e. The van der Waals surface area contributed by atoms with Gasteiger partial charge in [0, 0.05) is 19.2 Å². The summed E-state index contributed by atoms with van der Waals surface area (Å²) in [7, 11) is 1.81. The third kappa shape index (κ3) is 3.13. The van der Waals surface area contributed by atoms with Crippen molar-refractivity contribution in [2.45, 2.75) is 26.4 Å². The zero-order valence-electron chi connectivity index (χ0n) is 16.0. The van der Waals surface area contributed by atoms with E-state index in [0.717, 1.165) is 28.8 Å². The van der Waals surface area contributed by atoms with E-state index in [-0.39, 0.29) is 11.9 Å². The van der Waals surface area contributed by atoms with Crippen LogP contribution in [0.2, 0.25) is 0 Å². The first kappa shape index (κ1) is 17.8. The van der Waals surface area contributed by atoms with Crippen molar-refractivity contribution >= 4 is 16.9 Å². The highest BCUT2D eigenvalue weighted by atomic mass is 16.2. The Morgan fingerprint density at radius 2 is 1.96 bits per heavy atom. The highest BCUT2D eigenvalue weighted by Crippen LogP contribution is 2.23. The molecule has 2 aromatic heterocycles. The van der Waals surface area contributed by atoms with Gasteiger partial charge in [-0.3, -0.25) is 4.79 Å². The largest absolute Gasteiger partial charge is 0.335 e. The van der Waals surface area contributed by atoms with E-state index in [0.29, 0.717) is 5.56 Å². The molecule has 0 saturated carbocycles. The lowest BCUT2D eigenvalue weighted by Gasteiger charge is -2.25. The number of carbonyl (C=O) groups is 1. The van der Waals surface area contributed by atoms with Crippen molar-refractivity contribution in [1.29, 1.82) is 0 Å². The summed E-state index contributed by atoms with van der Waals surface area (Å²) < 4.78 is 3.51. The van der Waals surface area contributed by atoms with Crippen LogP contribution in [0.3, 0.4) is 0 Å². The fourth-order valence-corrected chi connectivity index (χ4v) is 3.19. The van der Waals surface area contributed by atoms with Crippen LogP contribution < -0.4 is 0 Å². The average Bonchev–Trinajstić information content (AvgIpc) is 3.41. The number of aryl methyl sites for hydroxylation is 1. The molecule has 0 aliphatic rings. The lowest BCUT2D eigenvalue weighted by molar-refractivity contribution is 0.0743. The van der Waals surface area contributed by atoms with Gasteiger partial charge >= 0.3 is 0 Å². The number of aromatic nitrogens is 6. The van der Waals surface area contributed by atoms with Crippen LogP contribution in [-0.4, -0.2) is 47.6 Å². The number of hydrogen-bond acceptors (Lipinski definition) is 5. The van der Waals surface area contributed by atoms with Gasteiger partial charge in [-0.1, -0.05) is 17.3 Å². The molecule has 0 radical (unpaired) electrons. The standard InChI is InChI=1S/C20H21N7O/c1-4-26-19-10-7-16(11-18(19)23-24-26)20(28)25(3)14(2)15-5-8-17(9-6-15)27-13-21-12-22-27/h5-14H,4H2,1-3H3. The van der Waals surface area contributed by atoms with E-state index in [4.69, 9.17) is 0 Å². The van der Waals surface area contributed by atoms with Gasteiger partial charge in [0.1, 0.15) is 18.2 Å². The van der Waals surface area contributed by atoms with Crippen LogP contribution in [0, 0.1) is 0 Å². The molecular formula is C20H21N7O. The zero-order chi connectivity index (χ0) is 19.7. The van der Waals surface area contributed by atoms with Crippen LogP contribution in [0.25, 0.3) is 16.7 Å². The Morgan fingerprint density at radius 1 is 1.18 bits per heavy atom. The van der Waals surface area contributed by atoms with Crippen molar-refractivity contribution in [3.8, 4) is 5.69 Å². The van der Waals surface area contributed by atoms with E-state index in [1.165, 1.54) is 6.33 Å². The average molecular weight is 375 g/mol. The third-order valence-corrected chi connectivity index (χ3v) is 5.02. The second-order valence-electron chi connectivity index (χ2n) is 6.63. The SMILES string of the molecule is CCn1nnc2cc(C(=O)N(C)C(C)c3ccc(-n4cncn4)cc3)ccc21. The number of rotatable bonds is 5. The van der Waals surface area contributed by atoms with Crippen molar-refractivity contribution in [2.75, 3.05) is 7.05 Å². The first-order chi connectivity index (χ1) is 13.6. The Bertz CT molecular complexity index is 1100. The Labute approximate surface area is 162 Å². The first-order valence-electron chi connectivity index (χ1n) is 9.14. The minimum atomic E-state index is -0.0840. The molecule has 1 amide bonds. The summed E-state index contributed by atoms with van der Waals surface area (Å²) in [4.78, 5) is 18.7. The molecule has 4 rings (SSSR count). The summed E-state index contributed by atoms with van der Waals surface area (Å²) in [6.45, 7) is 4.76. The molecule has 0 aliphatic heterocycles. The molecule has 1 unspecified atom stereocenters. The van der Waals surface area contributed by atoms with Crippen molar-refractivity contribution in [3.63, 3.8) is 0 Å². The van der Waals surface area contributed by atoms with Crippen LogP contribution in [-0.2, 0) is 6.54 Å². The molecule has 0 fully saturated rings. The van der Waals surface area contributed by atoms with Gasteiger partial charge in [0.25, 0.3) is 5.91 Å². The van der Waals surface area contributed by atoms with Gasteiger partial charge in [0.2, 0.25) is 0 Å². The van der Waals surface area contributed by atoms with Crippen molar-refractivity contribution in [1.82, 2.24) is 34.7 Å². The molecule has 4 aromatic rings. The molecule has 2 heterocycles. The fraction of sp³-hybridized carbons (Fsp3) is 0.250. The molecule has 28 heavy (non-hydrogen) atoms. The third-order valence-electron chi connectivity index (χ3n) is 5.02. The molecule has 0 N–H and O–H groups in total. The zero-order valence-corrected chi connectivity index (χ0v) is 16.0. The van der Waals surface area contributed by atoms with E-state index in [9.17, 15) is 4.79 Å². The predicted octanol–water partition coefficient (Wildman–Crippen LogP) is 2.87. The van der Waals surface area contributed by atoms with E-state index >= 15 is 0 Å². The fourth-order valence-electron chi connectivity index (χ4n) is 3.19. The van der Waals surface area contributed by atoms with E-state index < -0.39 is 0 Å². The van der Waals surface area contributed by atoms with Crippen LogP contribution in [0.1, 0.15) is 35.8 Å². The summed E-state index contributed by atoms with van der Waals surface area (Å²) >= 11 is 0. The number of nitrogens with zero attached hydrogens (tertiary/aromatic N) is 7. The molecule has 0 bridgehead atoms. The summed E-state index contributed by atoms with van der Waals surface area (Å²) in [5.41, 5.74) is 4.22. The quantitative estimate of drug-likeness (QED) is 0.536. The highest BCUT2D eigenvalue weighted by molar-refractivity contribution is 5.97. The predicted molar refractivity (Wildman–Crippen MR) is 105 cm³/mol. The number of benzene rings is 2.